The van der Waals surface area contributed by atoms with Crippen molar-refractivity contribution in [1.29, 1.82) is 5.26 Å². The first-order valence-corrected chi connectivity index (χ1v) is 9.70. The molecule has 4 nitrogen and oxygen atoms in total. The summed E-state index contributed by atoms with van der Waals surface area (Å²) in [4.78, 5) is 2.34. The molecule has 2 aromatic rings. The van der Waals surface area contributed by atoms with Crippen LogP contribution in [0.3, 0.4) is 0 Å². The number of likely N-dealkylation sites (tertiary alicyclic amines) is 1. The van der Waals surface area contributed by atoms with Gasteiger partial charge in [-0.2, -0.15) is 5.26 Å². The van der Waals surface area contributed by atoms with Gasteiger partial charge in [-0.25, -0.2) is 0 Å². The van der Waals surface area contributed by atoms with Crippen LogP contribution in [0, 0.1) is 11.3 Å². The molecule has 0 bridgehead atoms. The largest absolute Gasteiger partial charge is 0.491 e. The van der Waals surface area contributed by atoms with Crippen LogP contribution in [0.1, 0.15) is 43.9 Å². The molecule has 0 aromatic heterocycles. The number of aliphatic hydroxyl groups excluding tert-OH is 1. The van der Waals surface area contributed by atoms with Gasteiger partial charge in [-0.15, -0.1) is 0 Å². The maximum atomic E-state index is 10.8. The maximum absolute atomic E-state index is 10.8. The summed E-state index contributed by atoms with van der Waals surface area (Å²) in [5.74, 6) is 0.775. The summed E-state index contributed by atoms with van der Waals surface area (Å²) in [5, 5.41) is 20.1. The van der Waals surface area contributed by atoms with Gasteiger partial charge in [0.15, 0.2) is 0 Å². The monoisotopic (exact) mass is 362 g/mol. The summed E-state index contributed by atoms with van der Waals surface area (Å²) in [6.45, 7) is 6.47. The summed E-state index contributed by atoms with van der Waals surface area (Å²) in [5.41, 5.74) is 3.53. The summed E-state index contributed by atoms with van der Waals surface area (Å²) in [6.07, 6.45) is 1.90. The molecule has 2 aliphatic rings. The fourth-order valence-electron chi connectivity index (χ4n) is 4.08. The third kappa shape index (κ3) is 3.34. The fraction of sp³-hybridized carbons (Fsp3) is 0.435. The molecule has 140 valence electrons. The van der Waals surface area contributed by atoms with Crippen LogP contribution < -0.4 is 4.74 Å². The van der Waals surface area contributed by atoms with E-state index >= 15 is 0 Å². The zero-order chi connectivity index (χ0) is 19.0. The summed E-state index contributed by atoms with van der Waals surface area (Å²) in [7, 11) is 0. The van der Waals surface area contributed by atoms with Gasteiger partial charge in [-0.1, -0.05) is 36.4 Å². The Balaban J connectivity index is 1.58. The van der Waals surface area contributed by atoms with E-state index in [2.05, 4.69) is 11.0 Å². The molecule has 0 amide bonds. The van der Waals surface area contributed by atoms with E-state index < -0.39 is 11.5 Å². The first-order valence-electron chi connectivity index (χ1n) is 9.70. The number of aliphatic hydroxyl groups is 1. The summed E-state index contributed by atoms with van der Waals surface area (Å²) in [6, 6.07) is 16.6. The van der Waals surface area contributed by atoms with Crippen molar-refractivity contribution in [3.63, 3.8) is 0 Å². The Bertz CT molecular complexity index is 861. The minimum absolute atomic E-state index is 0.0540. The number of ether oxygens (including phenoxy) is 1. The number of benzene rings is 2. The van der Waals surface area contributed by atoms with E-state index in [4.69, 9.17) is 4.74 Å². The topological polar surface area (TPSA) is 56.5 Å². The summed E-state index contributed by atoms with van der Waals surface area (Å²) < 4.78 is 6.03. The lowest BCUT2D eigenvalue weighted by atomic mass is 9.85. The number of hydrogen-bond acceptors (Lipinski definition) is 4. The van der Waals surface area contributed by atoms with Crippen molar-refractivity contribution >= 4 is 0 Å². The van der Waals surface area contributed by atoms with Crippen molar-refractivity contribution in [2.75, 3.05) is 19.7 Å². The Morgan fingerprint density at radius 3 is 2.41 bits per heavy atom. The second-order valence-electron chi connectivity index (χ2n) is 8.13. The van der Waals surface area contributed by atoms with Gasteiger partial charge in [0.1, 0.15) is 18.5 Å². The minimum Gasteiger partial charge on any atom is -0.491 e. The molecule has 2 atom stereocenters. The molecule has 0 aliphatic carbocycles. The van der Waals surface area contributed by atoms with Crippen molar-refractivity contribution < 1.29 is 9.84 Å². The predicted molar refractivity (Wildman–Crippen MR) is 106 cm³/mol. The van der Waals surface area contributed by atoms with Gasteiger partial charge in [0, 0.05) is 5.56 Å². The average molecular weight is 362 g/mol. The Labute approximate surface area is 161 Å². The molecule has 4 rings (SSSR count). The maximum Gasteiger partial charge on any atom is 0.125 e. The molecule has 2 aromatic carbocycles. The third-order valence-electron chi connectivity index (χ3n) is 5.94. The van der Waals surface area contributed by atoms with Gasteiger partial charge >= 0.3 is 0 Å². The van der Waals surface area contributed by atoms with Crippen LogP contribution in [0.25, 0.3) is 11.1 Å². The average Bonchev–Trinajstić information content (AvgIpc) is 3.22. The lowest BCUT2D eigenvalue weighted by Gasteiger charge is -2.36. The molecule has 1 fully saturated rings. The molecule has 2 aliphatic heterocycles. The zero-order valence-corrected chi connectivity index (χ0v) is 16.0. The molecule has 2 heterocycles. The molecule has 0 saturated carbocycles. The predicted octanol–water partition coefficient (Wildman–Crippen LogP) is 4.04. The smallest absolute Gasteiger partial charge is 0.125 e. The highest BCUT2D eigenvalue weighted by Crippen LogP contribution is 2.38. The molecule has 0 unspecified atom stereocenters. The quantitative estimate of drug-likeness (QED) is 0.895. The van der Waals surface area contributed by atoms with Gasteiger partial charge in [-0.05, 0) is 62.5 Å². The van der Waals surface area contributed by atoms with Crippen LogP contribution in [0.4, 0.5) is 0 Å². The molecular formula is C23H26N2O2. The van der Waals surface area contributed by atoms with Crippen LogP contribution in [-0.4, -0.2) is 35.7 Å². The van der Waals surface area contributed by atoms with Crippen molar-refractivity contribution in [1.82, 2.24) is 4.90 Å². The third-order valence-corrected chi connectivity index (χ3v) is 5.94. The van der Waals surface area contributed by atoms with E-state index in [0.717, 1.165) is 41.1 Å². The molecular weight excluding hydrogens is 336 g/mol. The highest BCUT2D eigenvalue weighted by Gasteiger charge is 2.35. The number of nitrogens with zero attached hydrogens (tertiary/aromatic N) is 2. The molecule has 4 heteroatoms. The Morgan fingerprint density at radius 1 is 1.07 bits per heavy atom. The highest BCUT2D eigenvalue weighted by atomic mass is 16.5. The van der Waals surface area contributed by atoms with Crippen molar-refractivity contribution in [2.24, 2.45) is 0 Å². The molecule has 1 N–H and O–H groups in total. The first-order chi connectivity index (χ1) is 13.0. The van der Waals surface area contributed by atoms with Crippen molar-refractivity contribution in [2.45, 2.75) is 44.2 Å². The van der Waals surface area contributed by atoms with E-state index in [1.54, 1.807) is 0 Å². The molecule has 1 saturated heterocycles. The second kappa shape index (κ2) is 6.99. The lowest BCUT2D eigenvalue weighted by molar-refractivity contribution is 0.0140. The van der Waals surface area contributed by atoms with Gasteiger partial charge < -0.3 is 9.84 Å². The van der Waals surface area contributed by atoms with E-state index in [9.17, 15) is 10.4 Å². The van der Waals surface area contributed by atoms with Crippen molar-refractivity contribution in [3.8, 4) is 22.9 Å². The highest BCUT2D eigenvalue weighted by molar-refractivity contribution is 5.67. The number of hydrogen-bond donors (Lipinski definition) is 1. The standard InChI is InChI=1S/C23H26N2O2/c1-23(2,15-24)18-8-5-16(6-9-18)17-7-10-19-21(13-17)27-14-20(22(19)26)25-11-3-4-12-25/h5-10,13,20,22,26H,3-4,11-12,14H2,1-2H3/t20-,22-/m1/s1. The van der Waals surface area contributed by atoms with Gasteiger partial charge in [0.2, 0.25) is 0 Å². The van der Waals surface area contributed by atoms with Crippen LogP contribution >= 0.6 is 0 Å². The van der Waals surface area contributed by atoms with Crippen LogP contribution in [0.15, 0.2) is 42.5 Å². The second-order valence-corrected chi connectivity index (χ2v) is 8.13. The van der Waals surface area contributed by atoms with E-state index in [-0.39, 0.29) is 6.04 Å². The Kier molecular flexibility index (Phi) is 4.67. The Hall–Kier alpha value is -2.35. The molecule has 0 spiro atoms. The SMILES string of the molecule is CC(C)(C#N)c1ccc(-c2ccc3c(c2)OC[C@@H](N2CCCC2)[C@@H]3O)cc1. The van der Waals surface area contributed by atoms with Crippen LogP contribution in [0.5, 0.6) is 5.75 Å². The lowest BCUT2D eigenvalue weighted by Crippen LogP contribution is -2.44. The van der Waals surface area contributed by atoms with Crippen LogP contribution in [0.2, 0.25) is 0 Å². The van der Waals surface area contributed by atoms with E-state index in [1.165, 1.54) is 12.8 Å². The van der Waals surface area contributed by atoms with E-state index in [0.29, 0.717) is 6.61 Å². The fourth-order valence-corrected chi connectivity index (χ4v) is 4.08. The van der Waals surface area contributed by atoms with Crippen molar-refractivity contribution in [3.05, 3.63) is 53.6 Å². The number of rotatable bonds is 3. The number of nitriles is 1. The molecule has 27 heavy (non-hydrogen) atoms. The minimum atomic E-state index is -0.500. The molecule has 0 radical (unpaired) electrons. The van der Waals surface area contributed by atoms with Crippen LogP contribution in [-0.2, 0) is 5.41 Å². The van der Waals surface area contributed by atoms with Gasteiger partial charge in [-0.3, -0.25) is 4.90 Å². The van der Waals surface area contributed by atoms with E-state index in [1.807, 2.05) is 56.3 Å². The van der Waals surface area contributed by atoms with Gasteiger partial charge in [0.25, 0.3) is 0 Å². The normalized spacial score (nSPS) is 22.7. The Morgan fingerprint density at radius 2 is 1.74 bits per heavy atom. The summed E-state index contributed by atoms with van der Waals surface area (Å²) >= 11 is 0. The first kappa shape index (κ1) is 18.0. The zero-order valence-electron chi connectivity index (χ0n) is 16.0. The number of fused-ring (bicyclic) bond motifs is 1. The van der Waals surface area contributed by atoms with Gasteiger partial charge in [0.05, 0.1) is 17.5 Å².